The van der Waals surface area contributed by atoms with E-state index in [-0.39, 0.29) is 23.4 Å². The highest BCUT2D eigenvalue weighted by Crippen LogP contribution is 2.41. The van der Waals surface area contributed by atoms with E-state index < -0.39 is 11.7 Å². The Labute approximate surface area is 209 Å². The van der Waals surface area contributed by atoms with Crippen LogP contribution in [0.2, 0.25) is 0 Å². The molecule has 9 nitrogen and oxygen atoms in total. The Morgan fingerprint density at radius 3 is 2.38 bits per heavy atom. The van der Waals surface area contributed by atoms with E-state index in [1.807, 2.05) is 0 Å². The quantitative estimate of drug-likeness (QED) is 0.465. The summed E-state index contributed by atoms with van der Waals surface area (Å²) in [5.74, 6) is 1.46. The van der Waals surface area contributed by atoms with Gasteiger partial charge in [0.05, 0.1) is 22.3 Å². The minimum Gasteiger partial charge on any atom is -0.465 e. The van der Waals surface area contributed by atoms with Crippen molar-refractivity contribution in [3.8, 4) is 0 Å². The third-order valence-corrected chi connectivity index (χ3v) is 7.46. The number of anilines is 2. The fourth-order valence-corrected chi connectivity index (χ4v) is 5.67. The number of rotatable bonds is 7. The van der Waals surface area contributed by atoms with Gasteiger partial charge in [-0.15, -0.1) is 0 Å². The average molecular weight is 538 g/mol. The smallest absolute Gasteiger partial charge is 0.413 e. The molecule has 1 aliphatic carbocycles. The van der Waals surface area contributed by atoms with E-state index in [0.717, 1.165) is 25.7 Å². The first-order valence-electron chi connectivity index (χ1n) is 12.0. The first-order chi connectivity index (χ1) is 15.9. The summed E-state index contributed by atoms with van der Waals surface area (Å²) in [7, 11) is 0. The Morgan fingerprint density at radius 2 is 1.85 bits per heavy atom. The Balaban J connectivity index is 1.83. The van der Waals surface area contributed by atoms with Gasteiger partial charge in [-0.05, 0) is 72.7 Å². The Morgan fingerprint density at radius 1 is 1.21 bits per heavy atom. The van der Waals surface area contributed by atoms with Gasteiger partial charge in [-0.1, -0.05) is 20.8 Å². The van der Waals surface area contributed by atoms with Crippen LogP contribution in [0.15, 0.2) is 16.7 Å². The van der Waals surface area contributed by atoms with Crippen molar-refractivity contribution in [2.45, 2.75) is 78.0 Å². The second-order valence-electron chi connectivity index (χ2n) is 11.3. The third kappa shape index (κ3) is 5.18. The monoisotopic (exact) mass is 537 g/mol. The van der Waals surface area contributed by atoms with Crippen LogP contribution in [0.4, 0.5) is 16.4 Å². The SMILES string of the molecule is CC(C)(O)C(Nc1cc(N(C(=O)O)[C@@H](C2CCOCC2)C(C)(C)C)n2ncc(Br)c2n1)C1CC1. The van der Waals surface area contributed by atoms with E-state index in [4.69, 9.17) is 9.72 Å². The van der Waals surface area contributed by atoms with Crippen LogP contribution in [0.25, 0.3) is 5.65 Å². The van der Waals surface area contributed by atoms with Gasteiger partial charge in [0.2, 0.25) is 0 Å². The van der Waals surface area contributed by atoms with Gasteiger partial charge in [0.1, 0.15) is 11.6 Å². The van der Waals surface area contributed by atoms with Crippen LogP contribution in [0.1, 0.15) is 60.3 Å². The number of halogens is 1. The number of ether oxygens (including phenoxy) is 1. The standard InChI is InChI=1S/C24H36BrN5O4/c1-23(2,3)20(15-8-10-34-11-9-15)29(22(31)32)18-12-17(28-21-16(25)13-26-30(18)21)27-19(14-6-7-14)24(4,5)33/h12-15,19-20,33H,6-11H2,1-5H3,(H,27,28)(H,31,32)/t19?,20-/m0/s1. The molecule has 4 rings (SSSR count). The number of hydrogen-bond donors (Lipinski definition) is 3. The molecule has 0 aromatic carbocycles. The van der Waals surface area contributed by atoms with Crippen LogP contribution in [0.5, 0.6) is 0 Å². The predicted molar refractivity (Wildman–Crippen MR) is 134 cm³/mol. The minimum atomic E-state index is -1.03. The van der Waals surface area contributed by atoms with Crippen LogP contribution in [0.3, 0.4) is 0 Å². The fourth-order valence-electron chi connectivity index (χ4n) is 5.32. The topological polar surface area (TPSA) is 112 Å². The molecule has 0 bridgehead atoms. The third-order valence-electron chi connectivity index (χ3n) is 6.90. The van der Waals surface area contributed by atoms with Crippen molar-refractivity contribution in [1.29, 1.82) is 0 Å². The van der Waals surface area contributed by atoms with Gasteiger partial charge in [0, 0.05) is 25.3 Å². The number of hydrogen-bond acceptors (Lipinski definition) is 6. The fraction of sp³-hybridized carbons (Fsp3) is 0.708. The molecule has 0 radical (unpaired) electrons. The van der Waals surface area contributed by atoms with Gasteiger partial charge in [0.25, 0.3) is 0 Å². The van der Waals surface area contributed by atoms with Gasteiger partial charge in [-0.3, -0.25) is 4.90 Å². The number of aromatic nitrogens is 3. The molecule has 0 spiro atoms. The van der Waals surface area contributed by atoms with Gasteiger partial charge in [-0.25, -0.2) is 9.78 Å². The summed E-state index contributed by atoms with van der Waals surface area (Å²) in [5, 5.41) is 29.2. The van der Waals surface area contributed by atoms with Crippen molar-refractivity contribution >= 4 is 39.3 Å². The molecule has 10 heteroatoms. The van der Waals surface area contributed by atoms with E-state index in [9.17, 15) is 15.0 Å². The van der Waals surface area contributed by atoms with Gasteiger partial charge >= 0.3 is 6.09 Å². The largest absolute Gasteiger partial charge is 0.465 e. The lowest BCUT2D eigenvalue weighted by Crippen LogP contribution is -2.53. The van der Waals surface area contributed by atoms with E-state index in [1.165, 1.54) is 4.90 Å². The van der Waals surface area contributed by atoms with E-state index >= 15 is 0 Å². The number of fused-ring (bicyclic) bond motifs is 1. The molecule has 1 aliphatic heterocycles. The lowest BCUT2D eigenvalue weighted by molar-refractivity contribution is 0.0412. The van der Waals surface area contributed by atoms with E-state index in [0.29, 0.717) is 40.9 Å². The zero-order valence-electron chi connectivity index (χ0n) is 20.6. The summed E-state index contributed by atoms with van der Waals surface area (Å²) < 4.78 is 7.83. The molecule has 2 fully saturated rings. The molecule has 1 saturated carbocycles. The number of carbonyl (C=O) groups is 1. The first kappa shape index (κ1) is 25.2. The normalized spacial score (nSPS) is 19.7. The summed E-state index contributed by atoms with van der Waals surface area (Å²) in [4.78, 5) is 19.0. The van der Waals surface area contributed by atoms with Crippen LogP contribution in [0, 0.1) is 17.3 Å². The molecule has 1 amide bonds. The Bertz CT molecular complexity index is 1030. The molecule has 2 aromatic rings. The lowest BCUT2D eigenvalue weighted by atomic mass is 9.75. The number of amides is 1. The number of aliphatic hydroxyl groups is 1. The number of nitrogens with zero attached hydrogens (tertiary/aromatic N) is 4. The molecule has 3 heterocycles. The molecule has 3 N–H and O–H groups in total. The minimum absolute atomic E-state index is 0.152. The maximum absolute atomic E-state index is 12.9. The van der Waals surface area contributed by atoms with Crippen LogP contribution in [-0.2, 0) is 4.74 Å². The Kier molecular flexibility index (Phi) is 6.87. The van der Waals surface area contributed by atoms with Crippen molar-refractivity contribution in [2.24, 2.45) is 17.3 Å². The molecule has 2 aliphatic rings. The molecule has 1 unspecified atom stereocenters. The average Bonchev–Trinajstić information content (AvgIpc) is 3.51. The zero-order valence-corrected chi connectivity index (χ0v) is 22.2. The van der Waals surface area contributed by atoms with E-state index in [2.05, 4.69) is 47.1 Å². The first-order valence-corrected chi connectivity index (χ1v) is 12.8. The zero-order chi connectivity index (χ0) is 24.8. The highest BCUT2D eigenvalue weighted by atomic mass is 79.9. The van der Waals surface area contributed by atoms with Crippen LogP contribution in [-0.4, -0.2) is 61.8 Å². The molecule has 2 atom stereocenters. The molecule has 34 heavy (non-hydrogen) atoms. The lowest BCUT2D eigenvalue weighted by Gasteiger charge is -2.44. The summed E-state index contributed by atoms with van der Waals surface area (Å²) in [6, 6.07) is 1.27. The molecule has 1 saturated heterocycles. The molecular formula is C24H36BrN5O4. The predicted octanol–water partition coefficient (Wildman–Crippen LogP) is 4.78. The number of nitrogens with one attached hydrogen (secondary N) is 1. The van der Waals surface area contributed by atoms with Crippen molar-refractivity contribution < 1.29 is 19.7 Å². The number of carboxylic acid groups (broad SMARTS) is 1. The van der Waals surface area contributed by atoms with Gasteiger partial charge in [-0.2, -0.15) is 9.61 Å². The highest BCUT2D eigenvalue weighted by molar-refractivity contribution is 9.10. The van der Waals surface area contributed by atoms with Crippen molar-refractivity contribution in [3.05, 3.63) is 16.7 Å². The second kappa shape index (κ2) is 9.28. The summed E-state index contributed by atoms with van der Waals surface area (Å²) in [5.41, 5.74) is -0.747. The maximum Gasteiger partial charge on any atom is 0.413 e. The van der Waals surface area contributed by atoms with Crippen molar-refractivity contribution in [1.82, 2.24) is 14.6 Å². The highest BCUT2D eigenvalue weighted by Gasteiger charge is 2.43. The van der Waals surface area contributed by atoms with Crippen molar-refractivity contribution in [2.75, 3.05) is 23.4 Å². The summed E-state index contributed by atoms with van der Waals surface area (Å²) in [6.07, 6.45) is 4.30. The summed E-state index contributed by atoms with van der Waals surface area (Å²) >= 11 is 3.52. The van der Waals surface area contributed by atoms with Gasteiger partial charge < -0.3 is 20.3 Å². The van der Waals surface area contributed by atoms with E-state index in [1.54, 1.807) is 30.6 Å². The van der Waals surface area contributed by atoms with Crippen LogP contribution >= 0.6 is 15.9 Å². The Hall–Kier alpha value is -1.91. The van der Waals surface area contributed by atoms with Crippen LogP contribution < -0.4 is 10.2 Å². The molecule has 188 valence electrons. The molecular weight excluding hydrogens is 502 g/mol. The maximum atomic E-state index is 12.9. The summed E-state index contributed by atoms with van der Waals surface area (Å²) in [6.45, 7) is 11.1. The van der Waals surface area contributed by atoms with Crippen molar-refractivity contribution in [3.63, 3.8) is 0 Å². The second-order valence-corrected chi connectivity index (χ2v) is 12.1. The van der Waals surface area contributed by atoms with Gasteiger partial charge in [0.15, 0.2) is 5.65 Å². The molecule has 2 aromatic heterocycles.